The Bertz CT molecular complexity index is 410. The maximum absolute atomic E-state index is 11.4. The molecule has 0 unspecified atom stereocenters. The highest BCUT2D eigenvalue weighted by Crippen LogP contribution is 2.17. The molecule has 80 valence electrons. The molecule has 3 nitrogen and oxygen atoms in total. The van der Waals surface area contributed by atoms with Crippen molar-refractivity contribution in [3.05, 3.63) is 23.0 Å². The highest BCUT2D eigenvalue weighted by Gasteiger charge is 2.15. The molecule has 0 spiro atoms. The molecule has 0 saturated heterocycles. The van der Waals surface area contributed by atoms with E-state index in [1.54, 1.807) is 13.0 Å². The van der Waals surface area contributed by atoms with Crippen LogP contribution >= 0.6 is 0 Å². The number of rotatable bonds is 4. The quantitative estimate of drug-likeness (QED) is 0.707. The van der Waals surface area contributed by atoms with Gasteiger partial charge in [-0.1, -0.05) is 13.8 Å². The van der Waals surface area contributed by atoms with Crippen molar-refractivity contribution < 1.29 is 4.79 Å². The van der Waals surface area contributed by atoms with E-state index in [9.17, 15) is 4.79 Å². The maximum atomic E-state index is 11.4. The number of nitriles is 1. The number of aromatic nitrogens is 1. The van der Waals surface area contributed by atoms with Crippen molar-refractivity contribution in [1.29, 1.82) is 5.26 Å². The Morgan fingerprint density at radius 3 is 2.60 bits per heavy atom. The molecule has 0 atom stereocenters. The van der Waals surface area contributed by atoms with Crippen molar-refractivity contribution in [2.24, 2.45) is 0 Å². The smallest absolute Gasteiger partial charge is 0.176 e. The van der Waals surface area contributed by atoms with Crippen LogP contribution in [0.1, 0.15) is 48.9 Å². The molecular formula is C12H16N2O. The molecule has 0 amide bonds. The summed E-state index contributed by atoms with van der Waals surface area (Å²) >= 11 is 0. The van der Waals surface area contributed by atoms with Crippen LogP contribution < -0.4 is 0 Å². The molecule has 0 bridgehead atoms. The van der Waals surface area contributed by atoms with E-state index in [-0.39, 0.29) is 5.78 Å². The van der Waals surface area contributed by atoms with Crippen molar-refractivity contribution in [1.82, 2.24) is 4.57 Å². The van der Waals surface area contributed by atoms with E-state index in [1.807, 2.05) is 11.5 Å². The van der Waals surface area contributed by atoms with E-state index < -0.39 is 0 Å². The largest absolute Gasteiger partial charge is 0.341 e. The molecular weight excluding hydrogens is 188 g/mol. The Morgan fingerprint density at radius 2 is 2.20 bits per heavy atom. The summed E-state index contributed by atoms with van der Waals surface area (Å²) in [5.41, 5.74) is 2.27. The molecule has 0 fully saturated rings. The highest BCUT2D eigenvalue weighted by molar-refractivity contribution is 5.93. The number of Topliss-reactive ketones (excluding diaryl/α,β-unsaturated/α-hetero) is 1. The molecule has 0 N–H and O–H groups in total. The molecule has 0 aromatic carbocycles. The van der Waals surface area contributed by atoms with Crippen LogP contribution in [-0.2, 0) is 13.0 Å². The van der Waals surface area contributed by atoms with Gasteiger partial charge < -0.3 is 4.57 Å². The molecule has 0 aliphatic rings. The average molecular weight is 204 g/mol. The summed E-state index contributed by atoms with van der Waals surface area (Å²) in [4.78, 5) is 11.4. The summed E-state index contributed by atoms with van der Waals surface area (Å²) in [5.74, 6) is 0.0275. The van der Waals surface area contributed by atoms with Gasteiger partial charge in [0.25, 0.3) is 0 Å². The second-order valence-electron chi connectivity index (χ2n) is 3.56. The highest BCUT2D eigenvalue weighted by atomic mass is 16.1. The molecule has 0 aliphatic carbocycles. The summed E-state index contributed by atoms with van der Waals surface area (Å²) in [6, 6.07) is 3.85. The lowest BCUT2D eigenvalue weighted by molar-refractivity contribution is 0.100. The first-order valence-corrected chi connectivity index (χ1v) is 5.29. The summed E-state index contributed by atoms with van der Waals surface area (Å²) in [6.07, 6.45) is 1.75. The zero-order valence-corrected chi connectivity index (χ0v) is 9.50. The molecule has 1 aromatic heterocycles. The van der Waals surface area contributed by atoms with Gasteiger partial charge in [-0.2, -0.15) is 5.26 Å². The fraction of sp³-hybridized carbons (Fsp3) is 0.500. The average Bonchev–Trinajstić information content (AvgIpc) is 2.56. The lowest BCUT2D eigenvalue weighted by atomic mass is 10.2. The van der Waals surface area contributed by atoms with Gasteiger partial charge in [-0.3, -0.25) is 4.79 Å². The van der Waals surface area contributed by atoms with Crippen LogP contribution in [0.25, 0.3) is 0 Å². The van der Waals surface area contributed by atoms with Crippen LogP contribution in [0.2, 0.25) is 0 Å². The van der Waals surface area contributed by atoms with Gasteiger partial charge in [0.1, 0.15) is 6.07 Å². The third-order valence-corrected chi connectivity index (χ3v) is 2.47. The van der Waals surface area contributed by atoms with Gasteiger partial charge >= 0.3 is 0 Å². The second kappa shape index (κ2) is 4.79. The van der Waals surface area contributed by atoms with Gasteiger partial charge in [-0.15, -0.1) is 0 Å². The van der Waals surface area contributed by atoms with Crippen molar-refractivity contribution >= 4 is 5.78 Å². The van der Waals surface area contributed by atoms with Crippen molar-refractivity contribution in [2.75, 3.05) is 0 Å². The fourth-order valence-electron chi connectivity index (χ4n) is 1.84. The lowest BCUT2D eigenvalue weighted by Crippen LogP contribution is -2.09. The number of hydrogen-bond donors (Lipinski definition) is 0. The standard InChI is InChI=1S/C12H16N2O/c1-4-6-14-11(5-2)10(8-13)7-12(14)9(3)15/h7H,4-6H2,1-3H3. The number of ketones is 1. The minimum atomic E-state index is 0.0275. The number of carbonyl (C=O) groups is 1. The second-order valence-corrected chi connectivity index (χ2v) is 3.56. The first-order valence-electron chi connectivity index (χ1n) is 5.29. The molecule has 1 rings (SSSR count). The van der Waals surface area contributed by atoms with Gasteiger partial charge in [0.2, 0.25) is 0 Å². The molecule has 15 heavy (non-hydrogen) atoms. The number of nitrogens with zero attached hydrogens (tertiary/aromatic N) is 2. The Balaban J connectivity index is 3.34. The predicted octanol–water partition coefficient (Wildman–Crippen LogP) is 2.53. The molecule has 0 aliphatic heterocycles. The summed E-state index contributed by atoms with van der Waals surface area (Å²) in [6.45, 7) is 6.42. The Labute approximate surface area is 90.3 Å². The zero-order chi connectivity index (χ0) is 11.4. The molecule has 0 saturated carbocycles. The third-order valence-electron chi connectivity index (χ3n) is 2.47. The van der Waals surface area contributed by atoms with E-state index in [0.29, 0.717) is 11.3 Å². The topological polar surface area (TPSA) is 45.8 Å². The van der Waals surface area contributed by atoms with Crippen LogP contribution in [0, 0.1) is 11.3 Å². The maximum Gasteiger partial charge on any atom is 0.176 e. The number of carbonyl (C=O) groups excluding carboxylic acids is 1. The summed E-state index contributed by atoms with van der Waals surface area (Å²) < 4.78 is 1.97. The molecule has 1 aromatic rings. The predicted molar refractivity (Wildman–Crippen MR) is 58.8 cm³/mol. The Hall–Kier alpha value is -1.56. The summed E-state index contributed by atoms with van der Waals surface area (Å²) in [5, 5.41) is 8.96. The lowest BCUT2D eigenvalue weighted by Gasteiger charge is -2.09. The molecule has 3 heteroatoms. The minimum Gasteiger partial charge on any atom is -0.341 e. The minimum absolute atomic E-state index is 0.0275. The monoisotopic (exact) mass is 204 g/mol. The van der Waals surface area contributed by atoms with E-state index in [0.717, 1.165) is 25.1 Å². The first-order chi connectivity index (χ1) is 7.15. The van der Waals surface area contributed by atoms with Crippen LogP contribution in [-0.4, -0.2) is 10.4 Å². The van der Waals surface area contributed by atoms with Crippen LogP contribution in [0.3, 0.4) is 0 Å². The van der Waals surface area contributed by atoms with Crippen LogP contribution in [0.4, 0.5) is 0 Å². The fourth-order valence-corrected chi connectivity index (χ4v) is 1.84. The van der Waals surface area contributed by atoms with E-state index in [1.165, 1.54) is 0 Å². The van der Waals surface area contributed by atoms with E-state index in [2.05, 4.69) is 13.0 Å². The molecule has 0 radical (unpaired) electrons. The van der Waals surface area contributed by atoms with Crippen molar-refractivity contribution in [3.63, 3.8) is 0 Å². The Morgan fingerprint density at radius 1 is 1.53 bits per heavy atom. The van der Waals surface area contributed by atoms with Crippen LogP contribution in [0.15, 0.2) is 6.07 Å². The summed E-state index contributed by atoms with van der Waals surface area (Å²) in [7, 11) is 0. The molecule has 1 heterocycles. The van der Waals surface area contributed by atoms with Gasteiger partial charge in [0, 0.05) is 19.2 Å². The zero-order valence-electron chi connectivity index (χ0n) is 9.50. The van der Waals surface area contributed by atoms with Gasteiger partial charge in [0.05, 0.1) is 11.3 Å². The number of hydrogen-bond acceptors (Lipinski definition) is 2. The Kier molecular flexibility index (Phi) is 3.68. The SMILES string of the molecule is CCCn1c(C(C)=O)cc(C#N)c1CC. The third kappa shape index (κ3) is 2.10. The normalized spacial score (nSPS) is 10.0. The van der Waals surface area contributed by atoms with Crippen molar-refractivity contribution in [2.45, 2.75) is 40.2 Å². The van der Waals surface area contributed by atoms with E-state index >= 15 is 0 Å². The van der Waals surface area contributed by atoms with Gasteiger partial charge in [-0.25, -0.2) is 0 Å². The first kappa shape index (κ1) is 11.5. The van der Waals surface area contributed by atoms with Crippen LogP contribution in [0.5, 0.6) is 0 Å². The van der Waals surface area contributed by atoms with Gasteiger partial charge in [0.15, 0.2) is 5.78 Å². The van der Waals surface area contributed by atoms with E-state index in [4.69, 9.17) is 5.26 Å². The van der Waals surface area contributed by atoms with Gasteiger partial charge in [-0.05, 0) is 18.9 Å². The van der Waals surface area contributed by atoms with Crippen molar-refractivity contribution in [3.8, 4) is 6.07 Å².